The fourth-order valence-electron chi connectivity index (χ4n) is 1.72. The molecular formula is C14H19N3O4. The topological polar surface area (TPSA) is 92.6 Å². The van der Waals surface area contributed by atoms with Crippen LogP contribution in [0, 0.1) is 0 Å². The summed E-state index contributed by atoms with van der Waals surface area (Å²) in [5.41, 5.74) is 7.14. The molecule has 0 saturated heterocycles. The van der Waals surface area contributed by atoms with Crippen molar-refractivity contribution in [1.29, 1.82) is 0 Å². The van der Waals surface area contributed by atoms with Crippen LogP contribution in [0.2, 0.25) is 0 Å². The zero-order valence-corrected chi connectivity index (χ0v) is 12.2. The first kappa shape index (κ1) is 15.3. The van der Waals surface area contributed by atoms with Crippen LogP contribution in [0.3, 0.4) is 0 Å². The van der Waals surface area contributed by atoms with Crippen LogP contribution in [0.25, 0.3) is 11.5 Å². The maximum atomic E-state index is 5.92. The van der Waals surface area contributed by atoms with Crippen molar-refractivity contribution >= 4 is 5.69 Å². The summed E-state index contributed by atoms with van der Waals surface area (Å²) < 4.78 is 20.6. The molecule has 0 amide bonds. The Morgan fingerprint density at radius 2 is 2.05 bits per heavy atom. The third-order valence-electron chi connectivity index (χ3n) is 2.86. The lowest BCUT2D eigenvalue weighted by Crippen LogP contribution is -2.05. The first-order chi connectivity index (χ1) is 10.2. The maximum Gasteiger partial charge on any atom is 0.260 e. The first-order valence-electron chi connectivity index (χ1n) is 6.57. The van der Waals surface area contributed by atoms with Gasteiger partial charge in [0.05, 0.1) is 32.5 Å². The molecule has 2 rings (SSSR count). The van der Waals surface area contributed by atoms with Gasteiger partial charge in [-0.05, 0) is 18.2 Å². The molecule has 7 nitrogen and oxygen atoms in total. The van der Waals surface area contributed by atoms with Crippen LogP contribution >= 0.6 is 0 Å². The molecule has 0 spiro atoms. The number of hydrogen-bond acceptors (Lipinski definition) is 7. The molecule has 21 heavy (non-hydrogen) atoms. The second kappa shape index (κ2) is 7.61. The van der Waals surface area contributed by atoms with Crippen LogP contribution in [-0.2, 0) is 15.9 Å². The van der Waals surface area contributed by atoms with Gasteiger partial charge in [0.25, 0.3) is 5.89 Å². The van der Waals surface area contributed by atoms with Crippen LogP contribution in [0.15, 0.2) is 22.7 Å². The van der Waals surface area contributed by atoms with Crippen molar-refractivity contribution in [3.05, 3.63) is 24.0 Å². The smallest absolute Gasteiger partial charge is 0.260 e. The van der Waals surface area contributed by atoms with Gasteiger partial charge in [-0.25, -0.2) is 0 Å². The third kappa shape index (κ3) is 4.17. The number of nitrogens with zero attached hydrogens (tertiary/aromatic N) is 2. The van der Waals surface area contributed by atoms with Crippen LogP contribution in [0.4, 0.5) is 5.69 Å². The Morgan fingerprint density at radius 1 is 1.19 bits per heavy atom. The molecule has 0 bridgehead atoms. The van der Waals surface area contributed by atoms with E-state index in [-0.39, 0.29) is 0 Å². The quantitative estimate of drug-likeness (QED) is 0.582. The molecule has 114 valence electrons. The molecule has 1 heterocycles. The summed E-state index contributed by atoms with van der Waals surface area (Å²) in [6.07, 6.45) is 0.567. The van der Waals surface area contributed by atoms with E-state index in [0.29, 0.717) is 55.0 Å². The highest BCUT2D eigenvalue weighted by Gasteiger charge is 2.12. The minimum Gasteiger partial charge on any atom is -0.497 e. The van der Waals surface area contributed by atoms with E-state index in [1.165, 1.54) is 0 Å². The number of benzene rings is 1. The van der Waals surface area contributed by atoms with Crippen LogP contribution < -0.4 is 10.5 Å². The molecule has 1 aromatic carbocycles. The second-order valence-corrected chi connectivity index (χ2v) is 4.32. The summed E-state index contributed by atoms with van der Waals surface area (Å²) in [4.78, 5) is 4.31. The van der Waals surface area contributed by atoms with Crippen molar-refractivity contribution in [1.82, 2.24) is 10.1 Å². The number of rotatable bonds is 8. The van der Waals surface area contributed by atoms with E-state index in [4.69, 9.17) is 24.5 Å². The molecule has 0 atom stereocenters. The van der Waals surface area contributed by atoms with Crippen LogP contribution in [0.5, 0.6) is 5.75 Å². The number of nitrogens with two attached hydrogens (primary N) is 1. The van der Waals surface area contributed by atoms with Crippen molar-refractivity contribution in [2.75, 3.05) is 39.8 Å². The monoisotopic (exact) mass is 293 g/mol. The molecule has 0 saturated carbocycles. The fraction of sp³-hybridized carbons (Fsp3) is 0.429. The first-order valence-corrected chi connectivity index (χ1v) is 6.57. The van der Waals surface area contributed by atoms with E-state index in [9.17, 15) is 0 Å². The third-order valence-corrected chi connectivity index (χ3v) is 2.86. The molecule has 2 N–H and O–H groups in total. The van der Waals surface area contributed by atoms with Crippen LogP contribution in [0.1, 0.15) is 5.82 Å². The minimum absolute atomic E-state index is 0.373. The average Bonchev–Trinajstić information content (AvgIpc) is 2.96. The number of aromatic nitrogens is 2. The van der Waals surface area contributed by atoms with Gasteiger partial charge in [0, 0.05) is 19.2 Å². The highest BCUT2D eigenvalue weighted by molar-refractivity contribution is 5.72. The molecule has 0 unspecified atom stereocenters. The molecular weight excluding hydrogens is 274 g/mol. The molecule has 7 heteroatoms. The van der Waals surface area contributed by atoms with Crippen molar-refractivity contribution in [3.8, 4) is 17.2 Å². The second-order valence-electron chi connectivity index (χ2n) is 4.32. The van der Waals surface area contributed by atoms with Crippen molar-refractivity contribution < 1.29 is 18.7 Å². The van der Waals surface area contributed by atoms with Crippen LogP contribution in [-0.4, -0.2) is 44.2 Å². The van der Waals surface area contributed by atoms with E-state index in [1.807, 2.05) is 0 Å². The molecule has 1 aromatic heterocycles. The van der Waals surface area contributed by atoms with Crippen molar-refractivity contribution in [3.63, 3.8) is 0 Å². The standard InChI is InChI=1S/C14H19N3O4/c1-18-7-8-20-6-5-13-16-14(21-17-13)11-9-10(19-2)3-4-12(11)15/h3-4,9H,5-8,15H2,1-2H3. The SMILES string of the molecule is COCCOCCc1noc(-c2cc(OC)ccc2N)n1. The van der Waals surface area contributed by atoms with Gasteiger partial charge in [0.15, 0.2) is 5.82 Å². The molecule has 0 fully saturated rings. The predicted molar refractivity (Wildman–Crippen MR) is 77.1 cm³/mol. The lowest BCUT2D eigenvalue weighted by molar-refractivity contribution is 0.0714. The van der Waals surface area contributed by atoms with Gasteiger partial charge in [0.1, 0.15) is 5.75 Å². The van der Waals surface area contributed by atoms with Crippen molar-refractivity contribution in [2.45, 2.75) is 6.42 Å². The summed E-state index contributed by atoms with van der Waals surface area (Å²) in [7, 11) is 3.22. The lowest BCUT2D eigenvalue weighted by atomic mass is 10.1. The largest absolute Gasteiger partial charge is 0.497 e. The summed E-state index contributed by atoms with van der Waals surface area (Å²) in [5, 5.41) is 3.91. The number of anilines is 1. The average molecular weight is 293 g/mol. The molecule has 0 aliphatic carbocycles. The van der Waals surface area contributed by atoms with Gasteiger partial charge < -0.3 is 24.5 Å². The van der Waals surface area contributed by atoms with E-state index in [1.54, 1.807) is 32.4 Å². The number of hydrogen-bond donors (Lipinski definition) is 1. The molecule has 0 aliphatic heterocycles. The van der Waals surface area contributed by atoms with E-state index in [0.717, 1.165) is 0 Å². The summed E-state index contributed by atoms with van der Waals surface area (Å²) in [6.45, 7) is 1.62. The highest BCUT2D eigenvalue weighted by atomic mass is 16.5. The number of ether oxygens (including phenoxy) is 3. The summed E-state index contributed by atoms with van der Waals surface area (Å²) >= 11 is 0. The molecule has 0 radical (unpaired) electrons. The lowest BCUT2D eigenvalue weighted by Gasteiger charge is -2.03. The Labute approximate surface area is 123 Å². The Balaban J connectivity index is 1.99. The van der Waals surface area contributed by atoms with Gasteiger partial charge in [-0.1, -0.05) is 5.16 Å². The van der Waals surface area contributed by atoms with Crippen molar-refractivity contribution in [2.24, 2.45) is 0 Å². The fourth-order valence-corrected chi connectivity index (χ4v) is 1.72. The minimum atomic E-state index is 0.373. The van der Waals surface area contributed by atoms with Gasteiger partial charge >= 0.3 is 0 Å². The molecule has 0 aliphatic rings. The Bertz CT molecular complexity index is 571. The van der Waals surface area contributed by atoms with E-state index < -0.39 is 0 Å². The van der Waals surface area contributed by atoms with Gasteiger partial charge in [-0.3, -0.25) is 0 Å². The predicted octanol–water partition coefficient (Wildman–Crippen LogP) is 1.53. The van der Waals surface area contributed by atoms with Gasteiger partial charge in [-0.2, -0.15) is 4.98 Å². The Morgan fingerprint density at radius 3 is 2.81 bits per heavy atom. The van der Waals surface area contributed by atoms with Gasteiger partial charge in [-0.15, -0.1) is 0 Å². The van der Waals surface area contributed by atoms with Gasteiger partial charge in [0.2, 0.25) is 0 Å². The Hall–Kier alpha value is -2.12. The number of nitrogen functional groups attached to an aromatic ring is 1. The summed E-state index contributed by atoms with van der Waals surface area (Å²) in [6, 6.07) is 5.29. The maximum absolute atomic E-state index is 5.92. The zero-order valence-electron chi connectivity index (χ0n) is 12.2. The zero-order chi connectivity index (χ0) is 15.1. The van der Waals surface area contributed by atoms with E-state index in [2.05, 4.69) is 10.1 Å². The Kier molecular flexibility index (Phi) is 5.53. The van der Waals surface area contributed by atoms with E-state index >= 15 is 0 Å². The number of methoxy groups -OCH3 is 2. The normalized spacial score (nSPS) is 10.8. The molecule has 2 aromatic rings. The highest BCUT2D eigenvalue weighted by Crippen LogP contribution is 2.28. The summed E-state index contributed by atoms with van der Waals surface area (Å²) in [5.74, 6) is 1.63.